The van der Waals surface area contributed by atoms with Gasteiger partial charge in [-0.2, -0.15) is 5.26 Å². The first-order valence-corrected chi connectivity index (χ1v) is 7.34. The van der Waals surface area contributed by atoms with Gasteiger partial charge in [0.25, 0.3) is 0 Å². The highest BCUT2D eigenvalue weighted by Crippen LogP contribution is 2.13. The van der Waals surface area contributed by atoms with Gasteiger partial charge in [-0.05, 0) is 52.2 Å². The summed E-state index contributed by atoms with van der Waals surface area (Å²) in [6.07, 6.45) is 0. The lowest BCUT2D eigenvalue weighted by atomic mass is 10.1. The average molecular weight is 281 g/mol. The third-order valence-electron chi connectivity index (χ3n) is 3.20. The lowest BCUT2D eigenvalue weighted by Crippen LogP contribution is -2.48. The molecule has 1 aromatic carbocycles. The molecule has 1 rings (SSSR count). The van der Waals surface area contributed by atoms with Crippen LogP contribution < -0.4 is 4.72 Å². The summed E-state index contributed by atoms with van der Waals surface area (Å²) < 4.78 is 26.8. The molecule has 0 fully saturated rings. The molecule has 0 radical (unpaired) electrons. The number of benzene rings is 1. The van der Waals surface area contributed by atoms with Crippen LogP contribution in [-0.2, 0) is 10.0 Å². The van der Waals surface area contributed by atoms with Gasteiger partial charge in [0.2, 0.25) is 10.0 Å². The standard InChI is InChI=1S/C13H19N3O2S/c1-13(2,16(3)4)10-15-19(17,18)12-7-5-11(9-14)6-8-12/h5-8,15H,10H2,1-4H3. The van der Waals surface area contributed by atoms with E-state index in [0.717, 1.165) is 0 Å². The highest BCUT2D eigenvalue weighted by Gasteiger charge is 2.24. The largest absolute Gasteiger partial charge is 0.303 e. The second-order valence-electron chi connectivity index (χ2n) is 5.17. The Morgan fingerprint density at radius 2 is 1.79 bits per heavy atom. The van der Waals surface area contributed by atoms with Crippen LogP contribution in [0.5, 0.6) is 0 Å². The Labute approximate surface area is 114 Å². The number of nitrogens with zero attached hydrogens (tertiary/aromatic N) is 2. The highest BCUT2D eigenvalue weighted by molar-refractivity contribution is 7.89. The monoisotopic (exact) mass is 281 g/mol. The zero-order chi connectivity index (χ0) is 14.7. The van der Waals surface area contributed by atoms with E-state index in [2.05, 4.69) is 4.72 Å². The fraction of sp³-hybridized carbons (Fsp3) is 0.462. The Kier molecular flexibility index (Phi) is 4.69. The summed E-state index contributed by atoms with van der Waals surface area (Å²) in [6, 6.07) is 7.81. The van der Waals surface area contributed by atoms with E-state index in [9.17, 15) is 8.42 Å². The molecule has 0 aliphatic carbocycles. The first-order valence-electron chi connectivity index (χ1n) is 5.86. The topological polar surface area (TPSA) is 73.2 Å². The quantitative estimate of drug-likeness (QED) is 0.879. The van der Waals surface area contributed by atoms with Crippen molar-refractivity contribution in [3.05, 3.63) is 29.8 Å². The van der Waals surface area contributed by atoms with Crippen LogP contribution in [-0.4, -0.2) is 39.5 Å². The van der Waals surface area contributed by atoms with Gasteiger partial charge in [0.1, 0.15) is 0 Å². The van der Waals surface area contributed by atoms with Gasteiger partial charge in [-0.1, -0.05) is 0 Å². The second-order valence-corrected chi connectivity index (χ2v) is 6.93. The van der Waals surface area contributed by atoms with Gasteiger partial charge in [0.15, 0.2) is 0 Å². The lowest BCUT2D eigenvalue weighted by molar-refractivity contribution is 0.199. The van der Waals surface area contributed by atoms with Crippen LogP contribution in [0.1, 0.15) is 19.4 Å². The Balaban J connectivity index is 2.85. The minimum absolute atomic E-state index is 0.168. The molecule has 0 amide bonds. The van der Waals surface area contributed by atoms with E-state index >= 15 is 0 Å². The molecule has 0 heterocycles. The van der Waals surface area contributed by atoms with Crippen molar-refractivity contribution in [3.8, 4) is 6.07 Å². The normalized spacial score (nSPS) is 12.4. The van der Waals surface area contributed by atoms with E-state index in [1.807, 2.05) is 38.9 Å². The van der Waals surface area contributed by atoms with Gasteiger partial charge in [0, 0.05) is 12.1 Å². The molecular weight excluding hydrogens is 262 g/mol. The van der Waals surface area contributed by atoms with E-state index in [0.29, 0.717) is 12.1 Å². The molecule has 0 aliphatic heterocycles. The van der Waals surface area contributed by atoms with Gasteiger partial charge in [-0.25, -0.2) is 13.1 Å². The molecule has 19 heavy (non-hydrogen) atoms. The first-order chi connectivity index (χ1) is 8.69. The second kappa shape index (κ2) is 5.70. The van der Waals surface area contributed by atoms with Gasteiger partial charge < -0.3 is 4.90 Å². The van der Waals surface area contributed by atoms with Crippen LogP contribution in [0.2, 0.25) is 0 Å². The van der Waals surface area contributed by atoms with Gasteiger partial charge in [-0.15, -0.1) is 0 Å². The molecule has 104 valence electrons. The Morgan fingerprint density at radius 3 is 2.21 bits per heavy atom. The molecule has 0 unspecified atom stereocenters. The summed E-state index contributed by atoms with van der Waals surface area (Å²) in [5.41, 5.74) is 0.159. The number of rotatable bonds is 5. The van der Waals surface area contributed by atoms with Crippen LogP contribution in [0.25, 0.3) is 0 Å². The summed E-state index contributed by atoms with van der Waals surface area (Å²) >= 11 is 0. The molecule has 0 aromatic heterocycles. The fourth-order valence-electron chi connectivity index (χ4n) is 1.22. The van der Waals surface area contributed by atoms with Crippen molar-refractivity contribution in [3.63, 3.8) is 0 Å². The van der Waals surface area contributed by atoms with Crippen LogP contribution in [0.15, 0.2) is 29.2 Å². The molecule has 6 heteroatoms. The molecule has 5 nitrogen and oxygen atoms in total. The Hall–Kier alpha value is -1.42. The molecule has 1 N–H and O–H groups in total. The third-order valence-corrected chi connectivity index (χ3v) is 4.62. The van der Waals surface area contributed by atoms with Gasteiger partial charge in [-0.3, -0.25) is 0 Å². The summed E-state index contributed by atoms with van der Waals surface area (Å²) in [5.74, 6) is 0. The molecule has 0 spiro atoms. The number of nitriles is 1. The maximum atomic E-state index is 12.1. The average Bonchev–Trinajstić information content (AvgIpc) is 2.36. The van der Waals surface area contributed by atoms with Crippen LogP contribution in [0.4, 0.5) is 0 Å². The number of nitrogens with one attached hydrogen (secondary N) is 1. The molecule has 1 aromatic rings. The zero-order valence-corrected chi connectivity index (χ0v) is 12.5. The van der Waals surface area contributed by atoms with E-state index in [1.54, 1.807) is 0 Å². The molecule has 0 saturated carbocycles. The first kappa shape index (κ1) is 15.6. The zero-order valence-electron chi connectivity index (χ0n) is 11.6. The maximum Gasteiger partial charge on any atom is 0.240 e. The summed E-state index contributed by atoms with van der Waals surface area (Å²) in [4.78, 5) is 2.12. The molecule has 0 bridgehead atoms. The van der Waals surface area contributed by atoms with Gasteiger partial charge in [0.05, 0.1) is 16.5 Å². The fourth-order valence-corrected chi connectivity index (χ4v) is 2.43. The number of likely N-dealkylation sites (N-methyl/N-ethyl adjacent to an activating group) is 1. The highest BCUT2D eigenvalue weighted by atomic mass is 32.2. The molecular formula is C13H19N3O2S. The summed E-state index contributed by atoms with van der Waals surface area (Å²) in [7, 11) is 0.260. The summed E-state index contributed by atoms with van der Waals surface area (Å²) in [6.45, 7) is 4.21. The van der Waals surface area contributed by atoms with E-state index < -0.39 is 10.0 Å². The predicted octanol–water partition coefficient (Wildman–Crippen LogP) is 1.18. The molecule has 0 atom stereocenters. The number of hydrogen-bond acceptors (Lipinski definition) is 4. The van der Waals surface area contributed by atoms with Crippen LogP contribution in [0.3, 0.4) is 0 Å². The van der Waals surface area contributed by atoms with Crippen molar-refractivity contribution in [2.75, 3.05) is 20.6 Å². The van der Waals surface area contributed by atoms with E-state index in [1.165, 1.54) is 24.3 Å². The van der Waals surface area contributed by atoms with Crippen molar-refractivity contribution < 1.29 is 8.42 Å². The molecule has 0 saturated heterocycles. The lowest BCUT2D eigenvalue weighted by Gasteiger charge is -2.32. The van der Waals surface area contributed by atoms with Crippen LogP contribution in [0, 0.1) is 11.3 Å². The van der Waals surface area contributed by atoms with Crippen molar-refractivity contribution in [2.24, 2.45) is 0 Å². The van der Waals surface area contributed by atoms with Crippen molar-refractivity contribution in [1.82, 2.24) is 9.62 Å². The Bertz CT molecular complexity index is 569. The molecule has 0 aliphatic rings. The van der Waals surface area contributed by atoms with E-state index in [-0.39, 0.29) is 10.4 Å². The van der Waals surface area contributed by atoms with Crippen LogP contribution >= 0.6 is 0 Å². The summed E-state index contributed by atoms with van der Waals surface area (Å²) in [5, 5.41) is 8.68. The number of sulfonamides is 1. The van der Waals surface area contributed by atoms with Crippen molar-refractivity contribution in [1.29, 1.82) is 5.26 Å². The minimum atomic E-state index is -3.54. The maximum absolute atomic E-state index is 12.1. The van der Waals surface area contributed by atoms with Crippen molar-refractivity contribution >= 4 is 10.0 Å². The predicted molar refractivity (Wildman–Crippen MR) is 74.1 cm³/mol. The Morgan fingerprint density at radius 1 is 1.26 bits per heavy atom. The minimum Gasteiger partial charge on any atom is -0.303 e. The number of hydrogen-bond donors (Lipinski definition) is 1. The van der Waals surface area contributed by atoms with Crippen molar-refractivity contribution in [2.45, 2.75) is 24.3 Å². The SMILES string of the molecule is CN(C)C(C)(C)CNS(=O)(=O)c1ccc(C#N)cc1. The third kappa shape index (κ3) is 4.03. The van der Waals surface area contributed by atoms with E-state index in [4.69, 9.17) is 5.26 Å². The smallest absolute Gasteiger partial charge is 0.240 e. The van der Waals surface area contributed by atoms with Gasteiger partial charge >= 0.3 is 0 Å².